The van der Waals surface area contributed by atoms with E-state index in [4.69, 9.17) is 0 Å². The van der Waals surface area contributed by atoms with Crippen molar-refractivity contribution in [1.29, 1.82) is 0 Å². The molecule has 0 aliphatic rings. The fraction of sp³-hybridized carbons (Fsp3) is 0.857. The topological polar surface area (TPSA) is 46.0 Å². The smallest absolute Gasteiger partial charge is 0.0964 e. The van der Waals surface area contributed by atoms with E-state index in [2.05, 4.69) is 48.2 Å². The summed E-state index contributed by atoms with van der Waals surface area (Å²) in [6, 6.07) is 0. The molecule has 1 rings (SSSR count). The van der Waals surface area contributed by atoms with E-state index in [1.165, 1.54) is 6.42 Å². The summed E-state index contributed by atoms with van der Waals surface area (Å²) in [5.74, 6) is 0.669. The van der Waals surface area contributed by atoms with Crippen molar-refractivity contribution in [3.05, 3.63) is 11.9 Å². The molecule has 0 fully saturated rings. The van der Waals surface area contributed by atoms with Gasteiger partial charge in [0.05, 0.1) is 12.2 Å². The molecule has 1 N–H and O–H groups in total. The van der Waals surface area contributed by atoms with Crippen LogP contribution in [0.15, 0.2) is 6.20 Å². The quantitative estimate of drug-likeness (QED) is 0.701. The van der Waals surface area contributed by atoms with Crippen molar-refractivity contribution < 1.29 is 0 Å². The van der Waals surface area contributed by atoms with Crippen LogP contribution in [0.25, 0.3) is 0 Å². The molecule has 0 spiro atoms. The Morgan fingerprint density at radius 1 is 1.32 bits per heavy atom. The van der Waals surface area contributed by atoms with Crippen LogP contribution < -0.4 is 5.32 Å². The summed E-state index contributed by atoms with van der Waals surface area (Å²) in [7, 11) is 0. The summed E-state index contributed by atoms with van der Waals surface area (Å²) in [6.45, 7) is 14.9. The molecule has 0 aliphatic heterocycles. The maximum Gasteiger partial charge on any atom is 0.0964 e. The molecule has 0 radical (unpaired) electrons. The zero-order chi connectivity index (χ0) is 14.1. The van der Waals surface area contributed by atoms with Gasteiger partial charge in [-0.1, -0.05) is 32.9 Å². The first-order valence-electron chi connectivity index (χ1n) is 7.47. The molecule has 1 heterocycles. The van der Waals surface area contributed by atoms with Crippen LogP contribution in [0.1, 0.15) is 39.8 Å². The lowest BCUT2D eigenvalue weighted by Gasteiger charge is -2.18. The Morgan fingerprint density at radius 3 is 2.74 bits per heavy atom. The highest BCUT2D eigenvalue weighted by atomic mass is 15.4. The number of nitrogens with zero attached hydrogens (tertiary/aromatic N) is 4. The molecular formula is C14H29N5. The molecule has 0 aliphatic carbocycles. The number of nitrogens with one attached hydrogen (secondary N) is 1. The molecule has 1 aromatic rings. The number of aromatic nitrogens is 3. The second-order valence-corrected chi connectivity index (χ2v) is 5.43. The van der Waals surface area contributed by atoms with Crippen molar-refractivity contribution in [1.82, 2.24) is 25.2 Å². The van der Waals surface area contributed by atoms with Gasteiger partial charge in [-0.15, -0.1) is 5.10 Å². The van der Waals surface area contributed by atoms with E-state index in [1.807, 2.05) is 10.9 Å². The SMILES string of the molecule is CCCN(CC)CCn1cc(CNCC(C)C)nn1. The van der Waals surface area contributed by atoms with Crippen LogP contribution >= 0.6 is 0 Å². The average molecular weight is 267 g/mol. The normalized spacial score (nSPS) is 11.7. The van der Waals surface area contributed by atoms with Crippen LogP contribution in [0.3, 0.4) is 0 Å². The van der Waals surface area contributed by atoms with Gasteiger partial charge in [0.25, 0.3) is 0 Å². The summed E-state index contributed by atoms with van der Waals surface area (Å²) >= 11 is 0. The first-order valence-corrected chi connectivity index (χ1v) is 7.47. The molecule has 0 saturated carbocycles. The Bertz CT molecular complexity index is 334. The van der Waals surface area contributed by atoms with E-state index < -0.39 is 0 Å². The second-order valence-electron chi connectivity index (χ2n) is 5.43. The summed E-state index contributed by atoms with van der Waals surface area (Å²) in [4.78, 5) is 2.44. The molecule has 0 saturated heterocycles. The van der Waals surface area contributed by atoms with Gasteiger partial charge in [-0.3, -0.25) is 4.68 Å². The minimum Gasteiger partial charge on any atom is -0.311 e. The maximum absolute atomic E-state index is 4.19. The molecule has 0 amide bonds. The Kier molecular flexibility index (Phi) is 7.67. The predicted octanol–water partition coefficient (Wildman–Crippen LogP) is 1.76. The Labute approximate surface area is 117 Å². The number of likely N-dealkylation sites (N-methyl/N-ethyl adjacent to an activating group) is 1. The number of rotatable bonds is 10. The van der Waals surface area contributed by atoms with Gasteiger partial charge in [0, 0.05) is 19.3 Å². The first-order chi connectivity index (χ1) is 9.15. The summed E-state index contributed by atoms with van der Waals surface area (Å²) in [5.41, 5.74) is 1.03. The monoisotopic (exact) mass is 267 g/mol. The van der Waals surface area contributed by atoms with Gasteiger partial charge < -0.3 is 10.2 Å². The largest absolute Gasteiger partial charge is 0.311 e. The van der Waals surface area contributed by atoms with E-state index >= 15 is 0 Å². The third-order valence-corrected chi connectivity index (χ3v) is 3.08. The maximum atomic E-state index is 4.19. The van der Waals surface area contributed by atoms with Crippen molar-refractivity contribution in [2.45, 2.75) is 47.2 Å². The van der Waals surface area contributed by atoms with Gasteiger partial charge in [0.15, 0.2) is 0 Å². The van der Waals surface area contributed by atoms with E-state index in [0.717, 1.165) is 45.0 Å². The van der Waals surface area contributed by atoms with E-state index in [0.29, 0.717) is 5.92 Å². The van der Waals surface area contributed by atoms with E-state index in [-0.39, 0.29) is 0 Å². The standard InChI is InChI=1S/C14H29N5/c1-5-7-18(6-2)8-9-19-12-14(16-17-19)11-15-10-13(3)4/h12-13,15H,5-11H2,1-4H3. The lowest BCUT2D eigenvalue weighted by Crippen LogP contribution is -2.28. The van der Waals surface area contributed by atoms with Crippen LogP contribution in [-0.2, 0) is 13.1 Å². The first kappa shape index (κ1) is 16.1. The highest BCUT2D eigenvalue weighted by Crippen LogP contribution is 1.97. The molecule has 0 aromatic carbocycles. The second kappa shape index (κ2) is 9.04. The molecule has 0 unspecified atom stereocenters. The zero-order valence-electron chi connectivity index (χ0n) is 12.9. The number of hydrogen-bond donors (Lipinski definition) is 1. The van der Waals surface area contributed by atoms with Crippen LogP contribution in [0.5, 0.6) is 0 Å². The van der Waals surface area contributed by atoms with Gasteiger partial charge in [0.2, 0.25) is 0 Å². The molecule has 1 aromatic heterocycles. The molecule has 19 heavy (non-hydrogen) atoms. The lowest BCUT2D eigenvalue weighted by atomic mass is 10.2. The molecule has 5 nitrogen and oxygen atoms in total. The average Bonchev–Trinajstić information content (AvgIpc) is 2.82. The molecule has 110 valence electrons. The minimum atomic E-state index is 0.669. The zero-order valence-corrected chi connectivity index (χ0v) is 12.9. The fourth-order valence-corrected chi connectivity index (χ4v) is 2.01. The van der Waals surface area contributed by atoms with Crippen LogP contribution in [0.2, 0.25) is 0 Å². The van der Waals surface area contributed by atoms with Crippen molar-refractivity contribution in [2.75, 3.05) is 26.2 Å². The summed E-state index contributed by atoms with van der Waals surface area (Å²) in [5, 5.41) is 11.8. The van der Waals surface area contributed by atoms with E-state index in [1.54, 1.807) is 0 Å². The highest BCUT2D eigenvalue weighted by Gasteiger charge is 2.04. The van der Waals surface area contributed by atoms with Gasteiger partial charge in [-0.05, 0) is 32.0 Å². The number of hydrogen-bond acceptors (Lipinski definition) is 4. The Balaban J connectivity index is 2.29. The molecule has 5 heteroatoms. The van der Waals surface area contributed by atoms with Gasteiger partial charge in [-0.2, -0.15) is 0 Å². The van der Waals surface area contributed by atoms with Gasteiger partial charge >= 0.3 is 0 Å². The van der Waals surface area contributed by atoms with Gasteiger partial charge in [-0.25, -0.2) is 0 Å². The Hall–Kier alpha value is -0.940. The van der Waals surface area contributed by atoms with Crippen LogP contribution in [-0.4, -0.2) is 46.1 Å². The Morgan fingerprint density at radius 2 is 2.11 bits per heavy atom. The van der Waals surface area contributed by atoms with Gasteiger partial charge in [0.1, 0.15) is 0 Å². The molecular weight excluding hydrogens is 238 g/mol. The highest BCUT2D eigenvalue weighted by molar-refractivity contribution is 4.91. The van der Waals surface area contributed by atoms with Crippen LogP contribution in [0.4, 0.5) is 0 Å². The predicted molar refractivity (Wildman–Crippen MR) is 79.0 cm³/mol. The van der Waals surface area contributed by atoms with Crippen molar-refractivity contribution in [3.63, 3.8) is 0 Å². The summed E-state index contributed by atoms with van der Waals surface area (Å²) in [6.07, 6.45) is 3.25. The summed E-state index contributed by atoms with van der Waals surface area (Å²) < 4.78 is 1.95. The van der Waals surface area contributed by atoms with Crippen molar-refractivity contribution in [2.24, 2.45) is 5.92 Å². The fourth-order valence-electron chi connectivity index (χ4n) is 2.01. The third kappa shape index (κ3) is 6.68. The van der Waals surface area contributed by atoms with E-state index in [9.17, 15) is 0 Å². The third-order valence-electron chi connectivity index (χ3n) is 3.08. The molecule has 0 bridgehead atoms. The molecule has 0 atom stereocenters. The lowest BCUT2D eigenvalue weighted by molar-refractivity contribution is 0.271. The van der Waals surface area contributed by atoms with Crippen molar-refractivity contribution >= 4 is 0 Å². The van der Waals surface area contributed by atoms with Crippen molar-refractivity contribution in [3.8, 4) is 0 Å². The van der Waals surface area contributed by atoms with Crippen LogP contribution in [0, 0.1) is 5.92 Å². The minimum absolute atomic E-state index is 0.669.